The van der Waals surface area contributed by atoms with Gasteiger partial charge in [0.2, 0.25) is 5.91 Å². The number of carbonyl (C=O) groups is 1. The first-order chi connectivity index (χ1) is 8.81. The highest BCUT2D eigenvalue weighted by molar-refractivity contribution is 8.00. The summed E-state index contributed by atoms with van der Waals surface area (Å²) in [5.41, 5.74) is 6.37. The van der Waals surface area contributed by atoms with E-state index in [0.717, 1.165) is 0 Å². The molecule has 0 aliphatic rings. The zero-order valence-corrected chi connectivity index (χ0v) is 12.9. The Hall–Kier alpha value is -0.620. The van der Waals surface area contributed by atoms with Crippen molar-refractivity contribution in [3.8, 4) is 0 Å². The highest BCUT2D eigenvalue weighted by atomic mass is 35.5. The summed E-state index contributed by atoms with van der Waals surface area (Å²) in [5, 5.41) is 12.5. The van der Waals surface area contributed by atoms with Crippen LogP contribution in [-0.4, -0.2) is 28.1 Å². The highest BCUT2D eigenvalue weighted by Crippen LogP contribution is 2.32. The Morgan fingerprint density at radius 3 is 2.42 bits per heavy atom. The zero-order valence-electron chi connectivity index (χ0n) is 10.6. The number of carbonyl (C=O) groups excluding carboxylic acids is 1. The van der Waals surface area contributed by atoms with Crippen LogP contribution in [0.3, 0.4) is 0 Å². The number of nitrogen functional groups attached to an aromatic ring is 1. The van der Waals surface area contributed by atoms with Crippen molar-refractivity contribution in [1.29, 1.82) is 0 Å². The fourth-order valence-corrected chi connectivity index (χ4v) is 2.60. The number of amides is 1. The summed E-state index contributed by atoms with van der Waals surface area (Å²) in [5.74, 6) is -0.0191. The molecule has 0 saturated carbocycles. The summed E-state index contributed by atoms with van der Waals surface area (Å²) in [6.45, 7) is 3.54. The molecule has 2 atom stereocenters. The van der Waals surface area contributed by atoms with Gasteiger partial charge in [-0.05, 0) is 19.1 Å². The number of thioether (sulfide) groups is 1. The molecule has 1 aromatic rings. The van der Waals surface area contributed by atoms with Crippen molar-refractivity contribution in [2.45, 2.75) is 25.2 Å². The van der Waals surface area contributed by atoms with Crippen LogP contribution in [0.2, 0.25) is 10.0 Å². The molecule has 1 rings (SSSR count). The topological polar surface area (TPSA) is 75.3 Å². The Balaban J connectivity index is 2.63. The number of benzene rings is 1. The fraction of sp³-hybridized carbons (Fsp3) is 0.417. The molecule has 0 aromatic heterocycles. The maximum atomic E-state index is 11.8. The molecule has 0 aliphatic carbocycles. The number of aliphatic hydroxyl groups excluding tert-OH is 1. The monoisotopic (exact) mass is 322 g/mol. The quantitative estimate of drug-likeness (QED) is 0.728. The predicted octanol–water partition coefficient (Wildman–Crippen LogP) is 3.02. The first-order valence-electron chi connectivity index (χ1n) is 5.65. The molecule has 19 heavy (non-hydrogen) atoms. The molecule has 0 spiro atoms. The molecular formula is C12H16Cl2N2O2S. The van der Waals surface area contributed by atoms with Gasteiger partial charge in [-0.2, -0.15) is 0 Å². The maximum absolute atomic E-state index is 11.8. The summed E-state index contributed by atoms with van der Waals surface area (Å²) in [6.07, 6.45) is -0.471. The number of rotatable bonds is 5. The number of aliphatic hydroxyl groups is 1. The van der Waals surface area contributed by atoms with E-state index < -0.39 is 6.10 Å². The molecule has 1 aromatic carbocycles. The average Bonchev–Trinajstić information content (AvgIpc) is 2.30. The third-order valence-corrected chi connectivity index (χ3v) is 4.43. The number of hydrogen-bond acceptors (Lipinski definition) is 4. The lowest BCUT2D eigenvalue weighted by molar-refractivity contribution is -0.113. The van der Waals surface area contributed by atoms with Gasteiger partial charge in [-0.25, -0.2) is 0 Å². The molecule has 4 N–H and O–H groups in total. The van der Waals surface area contributed by atoms with Gasteiger partial charge in [0, 0.05) is 10.9 Å². The molecule has 0 heterocycles. The van der Waals surface area contributed by atoms with Gasteiger partial charge in [-0.3, -0.25) is 4.79 Å². The minimum Gasteiger partial charge on any atom is -0.399 e. The normalized spacial score (nSPS) is 13.9. The Kier molecular flexibility index (Phi) is 6.26. The summed E-state index contributed by atoms with van der Waals surface area (Å²) in [6, 6.07) is 3.04. The van der Waals surface area contributed by atoms with Gasteiger partial charge in [-0.15, -0.1) is 11.8 Å². The molecule has 0 fully saturated rings. The molecule has 4 nitrogen and oxygen atoms in total. The van der Waals surface area contributed by atoms with Gasteiger partial charge >= 0.3 is 0 Å². The van der Waals surface area contributed by atoms with Crippen LogP contribution in [0.4, 0.5) is 11.4 Å². The van der Waals surface area contributed by atoms with Crippen LogP contribution in [0.15, 0.2) is 12.1 Å². The second-order valence-electron chi connectivity index (χ2n) is 4.16. The lowest BCUT2D eigenvalue weighted by Crippen LogP contribution is -2.21. The third kappa shape index (κ3) is 5.10. The molecule has 0 radical (unpaired) electrons. The summed E-state index contributed by atoms with van der Waals surface area (Å²) in [4.78, 5) is 11.8. The summed E-state index contributed by atoms with van der Waals surface area (Å²) < 4.78 is 0. The first kappa shape index (κ1) is 16.4. The number of halogens is 2. The van der Waals surface area contributed by atoms with Crippen molar-refractivity contribution in [1.82, 2.24) is 0 Å². The SMILES string of the molecule is CC(O)C(C)SCC(=O)Nc1c(Cl)cc(N)cc1Cl. The molecule has 0 bridgehead atoms. The minimum absolute atomic E-state index is 0.0249. The minimum atomic E-state index is -0.471. The summed E-state index contributed by atoms with van der Waals surface area (Å²) >= 11 is 13.3. The maximum Gasteiger partial charge on any atom is 0.234 e. The van der Waals surface area contributed by atoms with Crippen LogP contribution in [0.25, 0.3) is 0 Å². The van der Waals surface area contributed by atoms with E-state index in [-0.39, 0.29) is 16.9 Å². The van der Waals surface area contributed by atoms with E-state index in [2.05, 4.69) is 5.32 Å². The van der Waals surface area contributed by atoms with Crippen molar-refractivity contribution < 1.29 is 9.90 Å². The molecular weight excluding hydrogens is 307 g/mol. The van der Waals surface area contributed by atoms with Crippen LogP contribution in [0.5, 0.6) is 0 Å². The Morgan fingerprint density at radius 2 is 1.95 bits per heavy atom. The summed E-state index contributed by atoms with van der Waals surface area (Å²) in [7, 11) is 0. The van der Waals surface area contributed by atoms with E-state index in [4.69, 9.17) is 28.9 Å². The van der Waals surface area contributed by atoms with Gasteiger partial charge in [0.25, 0.3) is 0 Å². The van der Waals surface area contributed by atoms with Crippen molar-refractivity contribution in [2.24, 2.45) is 0 Å². The first-order valence-corrected chi connectivity index (χ1v) is 7.45. The van der Waals surface area contributed by atoms with Crippen LogP contribution >= 0.6 is 35.0 Å². The average molecular weight is 323 g/mol. The van der Waals surface area contributed by atoms with Crippen molar-refractivity contribution in [3.63, 3.8) is 0 Å². The lowest BCUT2D eigenvalue weighted by Gasteiger charge is -2.14. The number of anilines is 2. The molecule has 0 saturated heterocycles. The van der Waals surface area contributed by atoms with E-state index in [9.17, 15) is 9.90 Å². The van der Waals surface area contributed by atoms with Gasteiger partial charge in [-0.1, -0.05) is 30.1 Å². The number of nitrogens with one attached hydrogen (secondary N) is 1. The Bertz CT molecular complexity index is 446. The largest absolute Gasteiger partial charge is 0.399 e. The van der Waals surface area contributed by atoms with Gasteiger partial charge in [0.1, 0.15) is 0 Å². The van der Waals surface area contributed by atoms with E-state index in [1.54, 1.807) is 6.92 Å². The fourth-order valence-electron chi connectivity index (χ4n) is 1.23. The van der Waals surface area contributed by atoms with Crippen molar-refractivity contribution in [3.05, 3.63) is 22.2 Å². The molecule has 106 valence electrons. The predicted molar refractivity (Wildman–Crippen MR) is 83.1 cm³/mol. The van der Waals surface area contributed by atoms with Crippen LogP contribution in [-0.2, 0) is 4.79 Å². The lowest BCUT2D eigenvalue weighted by atomic mass is 10.3. The van der Waals surface area contributed by atoms with E-state index in [1.165, 1.54) is 23.9 Å². The molecule has 1 amide bonds. The third-order valence-electron chi connectivity index (χ3n) is 2.49. The van der Waals surface area contributed by atoms with Crippen LogP contribution < -0.4 is 11.1 Å². The van der Waals surface area contributed by atoms with Gasteiger partial charge in [0.05, 0.1) is 27.6 Å². The zero-order chi connectivity index (χ0) is 14.6. The van der Waals surface area contributed by atoms with Crippen molar-refractivity contribution in [2.75, 3.05) is 16.8 Å². The van der Waals surface area contributed by atoms with E-state index >= 15 is 0 Å². The number of nitrogens with two attached hydrogens (primary N) is 1. The standard InChI is InChI=1S/C12H16Cl2N2O2S/c1-6(17)7(2)19-5-11(18)16-12-9(13)3-8(15)4-10(12)14/h3-4,6-7,17H,5,15H2,1-2H3,(H,16,18). The van der Waals surface area contributed by atoms with Gasteiger partial charge in [0.15, 0.2) is 0 Å². The van der Waals surface area contributed by atoms with Crippen molar-refractivity contribution >= 4 is 52.2 Å². The second-order valence-corrected chi connectivity index (χ2v) is 6.34. The van der Waals surface area contributed by atoms with E-state index in [0.29, 0.717) is 21.4 Å². The van der Waals surface area contributed by atoms with Gasteiger partial charge < -0.3 is 16.2 Å². The highest BCUT2D eigenvalue weighted by Gasteiger charge is 2.14. The Labute approximate surface area is 126 Å². The molecule has 0 aliphatic heterocycles. The molecule has 2 unspecified atom stereocenters. The second kappa shape index (κ2) is 7.24. The number of hydrogen-bond donors (Lipinski definition) is 3. The van der Waals surface area contributed by atoms with E-state index in [1.807, 2.05) is 6.92 Å². The smallest absolute Gasteiger partial charge is 0.234 e. The Morgan fingerprint density at radius 1 is 1.42 bits per heavy atom. The molecule has 7 heteroatoms. The van der Waals surface area contributed by atoms with Crippen LogP contribution in [0, 0.1) is 0 Å². The van der Waals surface area contributed by atoms with Crippen LogP contribution in [0.1, 0.15) is 13.8 Å².